The third-order valence-electron chi connectivity index (χ3n) is 3.01. The number of benzene rings is 1. The molecule has 3 nitrogen and oxygen atoms in total. The van der Waals surface area contributed by atoms with Gasteiger partial charge in [-0.2, -0.15) is 0 Å². The maximum Gasteiger partial charge on any atom is 0.222 e. The monoisotopic (exact) mass is 310 g/mol. The van der Waals surface area contributed by atoms with Gasteiger partial charge in [-0.15, -0.1) is 11.3 Å². The second-order valence-corrected chi connectivity index (χ2v) is 6.47. The molecule has 0 fully saturated rings. The molecule has 0 unspecified atom stereocenters. The molecule has 20 heavy (non-hydrogen) atoms. The van der Waals surface area contributed by atoms with Crippen LogP contribution in [0.3, 0.4) is 0 Å². The summed E-state index contributed by atoms with van der Waals surface area (Å²) in [5, 5.41) is 8.14. The van der Waals surface area contributed by atoms with Crippen molar-refractivity contribution in [2.24, 2.45) is 5.92 Å². The van der Waals surface area contributed by atoms with Gasteiger partial charge in [0.05, 0.1) is 5.02 Å². The summed E-state index contributed by atoms with van der Waals surface area (Å²) in [4.78, 5) is 12.5. The highest BCUT2D eigenvalue weighted by atomic mass is 35.5. The maximum atomic E-state index is 11.4. The fourth-order valence-electron chi connectivity index (χ4n) is 1.86. The van der Waals surface area contributed by atoms with E-state index < -0.39 is 0 Å². The summed E-state index contributed by atoms with van der Waals surface area (Å²) in [6.07, 6.45) is 0. The summed E-state index contributed by atoms with van der Waals surface area (Å²) in [7, 11) is 0. The first-order chi connectivity index (χ1) is 9.59. The Morgan fingerprint density at radius 1 is 1.30 bits per heavy atom. The molecule has 2 aromatic rings. The lowest BCUT2D eigenvalue weighted by atomic mass is 10.2. The van der Waals surface area contributed by atoms with E-state index in [9.17, 15) is 4.79 Å². The zero-order valence-electron chi connectivity index (χ0n) is 11.7. The molecular weight excluding hydrogens is 292 g/mol. The molecule has 5 heteroatoms. The van der Waals surface area contributed by atoms with Crippen LogP contribution in [0.1, 0.15) is 18.7 Å². The summed E-state index contributed by atoms with van der Waals surface area (Å²) in [5.74, 6) is 0.124. The molecule has 0 radical (unpaired) electrons. The first-order valence-electron chi connectivity index (χ1n) is 6.74. The van der Waals surface area contributed by atoms with Crippen molar-refractivity contribution in [3.8, 4) is 0 Å². The van der Waals surface area contributed by atoms with Gasteiger partial charge in [-0.1, -0.05) is 43.6 Å². The summed E-state index contributed by atoms with van der Waals surface area (Å²) in [6, 6.07) is 8.15. The second-order valence-electron chi connectivity index (χ2n) is 4.96. The molecule has 1 amide bonds. The van der Waals surface area contributed by atoms with Crippen LogP contribution in [0.5, 0.6) is 0 Å². The Labute approximate surface area is 128 Å². The Kier molecular flexibility index (Phi) is 5.40. The van der Waals surface area contributed by atoms with Crippen molar-refractivity contribution >= 4 is 38.9 Å². The molecule has 0 aliphatic rings. The van der Waals surface area contributed by atoms with Crippen molar-refractivity contribution in [3.05, 3.63) is 34.2 Å². The number of halogens is 1. The number of amides is 1. The lowest BCUT2D eigenvalue weighted by Gasteiger charge is -2.08. The zero-order valence-corrected chi connectivity index (χ0v) is 13.3. The molecule has 2 rings (SSSR count). The standard InChI is InChI=1S/C15H19ClN2OS/c1-10(2)15(19)18-8-7-17-9-13-14(16)11-5-3-4-6-12(11)20-13/h3-6,10,17H,7-9H2,1-2H3,(H,18,19). The van der Waals surface area contributed by atoms with E-state index in [0.29, 0.717) is 6.54 Å². The Morgan fingerprint density at radius 2 is 2.05 bits per heavy atom. The number of carbonyl (C=O) groups is 1. The largest absolute Gasteiger partial charge is 0.355 e. The van der Waals surface area contributed by atoms with Crippen LogP contribution in [0.4, 0.5) is 0 Å². The quantitative estimate of drug-likeness (QED) is 0.803. The van der Waals surface area contributed by atoms with E-state index >= 15 is 0 Å². The average Bonchev–Trinajstić information content (AvgIpc) is 2.75. The fraction of sp³-hybridized carbons (Fsp3) is 0.400. The van der Waals surface area contributed by atoms with Crippen LogP contribution in [-0.4, -0.2) is 19.0 Å². The minimum Gasteiger partial charge on any atom is -0.355 e. The highest BCUT2D eigenvalue weighted by Gasteiger charge is 2.09. The number of nitrogens with one attached hydrogen (secondary N) is 2. The van der Waals surface area contributed by atoms with Gasteiger partial charge in [0, 0.05) is 40.5 Å². The minimum absolute atomic E-state index is 0.0343. The summed E-state index contributed by atoms with van der Waals surface area (Å²) < 4.78 is 1.21. The molecule has 0 atom stereocenters. The number of fused-ring (bicyclic) bond motifs is 1. The smallest absolute Gasteiger partial charge is 0.222 e. The Morgan fingerprint density at radius 3 is 2.75 bits per heavy atom. The van der Waals surface area contributed by atoms with Crippen LogP contribution >= 0.6 is 22.9 Å². The Bertz CT molecular complexity index is 595. The van der Waals surface area contributed by atoms with Gasteiger partial charge < -0.3 is 10.6 Å². The van der Waals surface area contributed by atoms with Crippen molar-refractivity contribution in [2.45, 2.75) is 20.4 Å². The number of carbonyl (C=O) groups excluding carboxylic acids is 1. The van der Waals surface area contributed by atoms with Crippen molar-refractivity contribution < 1.29 is 4.79 Å². The molecule has 0 bridgehead atoms. The third kappa shape index (κ3) is 3.72. The molecule has 1 aromatic carbocycles. The number of thiophene rings is 1. The zero-order chi connectivity index (χ0) is 14.5. The average molecular weight is 311 g/mol. The van der Waals surface area contributed by atoms with Crippen molar-refractivity contribution in [3.63, 3.8) is 0 Å². The van der Waals surface area contributed by atoms with E-state index in [1.54, 1.807) is 11.3 Å². The predicted octanol–water partition coefficient (Wildman–Crippen LogP) is 3.42. The van der Waals surface area contributed by atoms with E-state index in [2.05, 4.69) is 16.7 Å². The first kappa shape index (κ1) is 15.3. The summed E-state index contributed by atoms with van der Waals surface area (Å²) in [5.41, 5.74) is 0. The minimum atomic E-state index is 0.0343. The van der Waals surface area contributed by atoms with E-state index in [-0.39, 0.29) is 11.8 Å². The lowest BCUT2D eigenvalue weighted by molar-refractivity contribution is -0.123. The molecule has 1 heterocycles. The van der Waals surface area contributed by atoms with Gasteiger partial charge in [0.2, 0.25) is 5.91 Å². The van der Waals surface area contributed by atoms with Crippen LogP contribution in [0.25, 0.3) is 10.1 Å². The Balaban J connectivity index is 1.81. The number of hydrogen-bond acceptors (Lipinski definition) is 3. The number of rotatable bonds is 6. The van der Waals surface area contributed by atoms with Crippen LogP contribution < -0.4 is 10.6 Å². The summed E-state index contributed by atoms with van der Waals surface area (Å²) >= 11 is 8.07. The number of hydrogen-bond donors (Lipinski definition) is 2. The van der Waals surface area contributed by atoms with Gasteiger partial charge in [-0.05, 0) is 6.07 Å². The second kappa shape index (κ2) is 7.07. The fourth-order valence-corrected chi connectivity index (χ4v) is 3.33. The van der Waals surface area contributed by atoms with Gasteiger partial charge in [0.15, 0.2) is 0 Å². The molecule has 2 N–H and O–H groups in total. The topological polar surface area (TPSA) is 41.1 Å². The van der Waals surface area contributed by atoms with Crippen LogP contribution in [0, 0.1) is 5.92 Å². The molecule has 0 saturated carbocycles. The molecule has 1 aromatic heterocycles. The molecular formula is C15H19ClN2OS. The van der Waals surface area contributed by atoms with Crippen molar-refractivity contribution in [2.75, 3.05) is 13.1 Å². The third-order valence-corrected chi connectivity index (χ3v) is 4.73. The molecule has 0 aliphatic carbocycles. The Hall–Kier alpha value is -1.10. The van der Waals surface area contributed by atoms with Crippen LogP contribution in [-0.2, 0) is 11.3 Å². The van der Waals surface area contributed by atoms with E-state index in [1.807, 2.05) is 32.0 Å². The molecule has 0 saturated heterocycles. The van der Waals surface area contributed by atoms with Gasteiger partial charge >= 0.3 is 0 Å². The highest BCUT2D eigenvalue weighted by Crippen LogP contribution is 2.34. The van der Waals surface area contributed by atoms with Gasteiger partial charge in [-0.3, -0.25) is 4.79 Å². The maximum absolute atomic E-state index is 11.4. The van der Waals surface area contributed by atoms with Gasteiger partial charge in [0.25, 0.3) is 0 Å². The highest BCUT2D eigenvalue weighted by molar-refractivity contribution is 7.19. The van der Waals surface area contributed by atoms with Crippen LogP contribution in [0.15, 0.2) is 24.3 Å². The van der Waals surface area contributed by atoms with E-state index in [1.165, 1.54) is 4.70 Å². The van der Waals surface area contributed by atoms with Crippen LogP contribution in [0.2, 0.25) is 5.02 Å². The van der Waals surface area contributed by atoms with Gasteiger partial charge in [-0.25, -0.2) is 0 Å². The van der Waals surface area contributed by atoms with E-state index in [4.69, 9.17) is 11.6 Å². The predicted molar refractivity (Wildman–Crippen MR) is 86.4 cm³/mol. The van der Waals surface area contributed by atoms with E-state index in [0.717, 1.165) is 28.4 Å². The normalized spacial score (nSPS) is 11.2. The molecule has 0 aliphatic heterocycles. The molecule has 0 spiro atoms. The van der Waals surface area contributed by atoms with Gasteiger partial charge in [0.1, 0.15) is 0 Å². The summed E-state index contributed by atoms with van der Waals surface area (Å²) in [6.45, 7) is 5.89. The SMILES string of the molecule is CC(C)C(=O)NCCNCc1sc2ccccc2c1Cl. The molecule has 108 valence electrons. The van der Waals surface area contributed by atoms with Crippen molar-refractivity contribution in [1.29, 1.82) is 0 Å². The van der Waals surface area contributed by atoms with Crippen molar-refractivity contribution in [1.82, 2.24) is 10.6 Å². The lowest BCUT2D eigenvalue weighted by Crippen LogP contribution is -2.33. The first-order valence-corrected chi connectivity index (χ1v) is 7.93.